The van der Waals surface area contributed by atoms with Crippen LogP contribution in [0.1, 0.15) is 31.6 Å². The van der Waals surface area contributed by atoms with Gasteiger partial charge in [0.05, 0.1) is 12.5 Å². The molecule has 0 radical (unpaired) electrons. The standard InChI is InChI=1S/C18H21ClN4O2/c19-14-5-1-3-12(9-14)17-21-16(25-22-17)11-23-8-2-4-13(10-23)18(24)20-15-6-7-15/h1,3,5,9,13,15H,2,4,6-8,10-11H2,(H,20,24). The molecular formula is C18H21ClN4O2. The molecule has 7 heteroatoms. The van der Waals surface area contributed by atoms with Crippen molar-refractivity contribution in [3.8, 4) is 11.4 Å². The van der Waals surface area contributed by atoms with E-state index in [1.807, 2.05) is 24.3 Å². The zero-order valence-electron chi connectivity index (χ0n) is 13.9. The minimum atomic E-state index is 0.0599. The third kappa shape index (κ3) is 4.19. The van der Waals surface area contributed by atoms with E-state index in [1.165, 1.54) is 0 Å². The smallest absolute Gasteiger partial charge is 0.241 e. The number of hydrogen-bond donors (Lipinski definition) is 1. The van der Waals surface area contributed by atoms with Crippen LogP contribution in [0.5, 0.6) is 0 Å². The molecule has 1 aromatic carbocycles. The fourth-order valence-electron chi connectivity index (χ4n) is 3.22. The highest BCUT2D eigenvalue weighted by atomic mass is 35.5. The van der Waals surface area contributed by atoms with Gasteiger partial charge in [0.2, 0.25) is 17.6 Å². The van der Waals surface area contributed by atoms with E-state index in [4.69, 9.17) is 16.1 Å². The molecule has 25 heavy (non-hydrogen) atoms. The van der Waals surface area contributed by atoms with Crippen molar-refractivity contribution >= 4 is 17.5 Å². The number of carbonyl (C=O) groups excluding carboxylic acids is 1. The van der Waals surface area contributed by atoms with Crippen LogP contribution < -0.4 is 5.32 Å². The van der Waals surface area contributed by atoms with Crippen LogP contribution in [0.25, 0.3) is 11.4 Å². The third-order valence-electron chi connectivity index (χ3n) is 4.71. The predicted octanol–water partition coefficient (Wildman–Crippen LogP) is 2.88. The topological polar surface area (TPSA) is 71.3 Å². The molecular weight excluding hydrogens is 340 g/mol. The molecule has 1 saturated heterocycles. The second-order valence-corrected chi connectivity index (χ2v) is 7.32. The number of benzene rings is 1. The van der Waals surface area contributed by atoms with Crippen LogP contribution in [-0.4, -0.2) is 40.1 Å². The molecule has 1 aromatic heterocycles. The van der Waals surface area contributed by atoms with E-state index in [-0.39, 0.29) is 11.8 Å². The summed E-state index contributed by atoms with van der Waals surface area (Å²) < 4.78 is 5.39. The Balaban J connectivity index is 1.37. The first-order valence-electron chi connectivity index (χ1n) is 8.78. The number of carbonyl (C=O) groups is 1. The number of nitrogens with zero attached hydrogens (tertiary/aromatic N) is 3. The van der Waals surface area contributed by atoms with Crippen LogP contribution in [0, 0.1) is 5.92 Å². The molecule has 1 amide bonds. The lowest BCUT2D eigenvalue weighted by Crippen LogP contribution is -2.43. The van der Waals surface area contributed by atoms with Gasteiger partial charge in [0.15, 0.2) is 0 Å². The average molecular weight is 361 g/mol. The van der Waals surface area contributed by atoms with Gasteiger partial charge in [-0.25, -0.2) is 0 Å². The molecule has 2 aromatic rings. The summed E-state index contributed by atoms with van der Waals surface area (Å²) in [6.07, 6.45) is 4.21. The van der Waals surface area contributed by atoms with Gasteiger partial charge in [-0.15, -0.1) is 0 Å². The Morgan fingerprint density at radius 2 is 2.24 bits per heavy atom. The zero-order chi connectivity index (χ0) is 17.2. The number of hydrogen-bond acceptors (Lipinski definition) is 5. The van der Waals surface area contributed by atoms with Gasteiger partial charge >= 0.3 is 0 Å². The molecule has 1 aliphatic carbocycles. The summed E-state index contributed by atoms with van der Waals surface area (Å²) in [5.41, 5.74) is 0.836. The highest BCUT2D eigenvalue weighted by Gasteiger charge is 2.30. The van der Waals surface area contributed by atoms with Crippen molar-refractivity contribution in [2.75, 3.05) is 13.1 Å². The van der Waals surface area contributed by atoms with Crippen molar-refractivity contribution < 1.29 is 9.32 Å². The number of piperidine rings is 1. The second kappa shape index (κ2) is 7.14. The van der Waals surface area contributed by atoms with Crippen LogP contribution in [0.2, 0.25) is 5.02 Å². The van der Waals surface area contributed by atoms with Crippen LogP contribution in [0.15, 0.2) is 28.8 Å². The van der Waals surface area contributed by atoms with Gasteiger partial charge < -0.3 is 9.84 Å². The number of amides is 1. The summed E-state index contributed by atoms with van der Waals surface area (Å²) in [6, 6.07) is 7.81. The van der Waals surface area contributed by atoms with Gasteiger partial charge in [0.25, 0.3) is 0 Å². The second-order valence-electron chi connectivity index (χ2n) is 6.88. The molecule has 0 spiro atoms. The highest BCUT2D eigenvalue weighted by molar-refractivity contribution is 6.30. The maximum atomic E-state index is 12.3. The van der Waals surface area contributed by atoms with Crippen LogP contribution in [0.3, 0.4) is 0 Å². The average Bonchev–Trinajstić information content (AvgIpc) is 3.30. The lowest BCUT2D eigenvalue weighted by molar-refractivity contribution is -0.127. The van der Waals surface area contributed by atoms with Crippen molar-refractivity contribution in [2.45, 2.75) is 38.3 Å². The van der Waals surface area contributed by atoms with Gasteiger partial charge in [0, 0.05) is 23.2 Å². The van der Waals surface area contributed by atoms with Gasteiger partial charge in [-0.3, -0.25) is 9.69 Å². The Labute approximate surface area is 151 Å². The fourth-order valence-corrected chi connectivity index (χ4v) is 3.41. The van der Waals surface area contributed by atoms with Gasteiger partial charge in [-0.1, -0.05) is 28.9 Å². The molecule has 2 aliphatic rings. The summed E-state index contributed by atoms with van der Waals surface area (Å²) in [7, 11) is 0. The Morgan fingerprint density at radius 3 is 3.04 bits per heavy atom. The molecule has 0 bridgehead atoms. The van der Waals surface area contributed by atoms with Crippen LogP contribution in [-0.2, 0) is 11.3 Å². The first-order chi connectivity index (χ1) is 12.2. The summed E-state index contributed by atoms with van der Waals surface area (Å²) in [6.45, 7) is 2.26. The Kier molecular flexibility index (Phi) is 4.72. The van der Waals surface area contributed by atoms with E-state index in [9.17, 15) is 4.79 Å². The van der Waals surface area contributed by atoms with Gasteiger partial charge in [-0.05, 0) is 44.4 Å². The normalized spacial score (nSPS) is 21.2. The van der Waals surface area contributed by atoms with Crippen molar-refractivity contribution in [2.24, 2.45) is 5.92 Å². The quantitative estimate of drug-likeness (QED) is 0.887. The number of rotatable bonds is 5. The minimum Gasteiger partial charge on any atom is -0.353 e. The number of likely N-dealkylation sites (tertiary alicyclic amines) is 1. The molecule has 1 aliphatic heterocycles. The van der Waals surface area contributed by atoms with Crippen molar-refractivity contribution in [1.82, 2.24) is 20.4 Å². The van der Waals surface area contributed by atoms with Crippen LogP contribution in [0.4, 0.5) is 0 Å². The van der Waals surface area contributed by atoms with Crippen LogP contribution >= 0.6 is 11.6 Å². The number of halogens is 1. The van der Waals surface area contributed by atoms with Crippen molar-refractivity contribution in [3.05, 3.63) is 35.2 Å². The monoisotopic (exact) mass is 360 g/mol. The Morgan fingerprint density at radius 1 is 1.36 bits per heavy atom. The summed E-state index contributed by atoms with van der Waals surface area (Å²) in [5.74, 6) is 1.36. The number of nitrogens with one attached hydrogen (secondary N) is 1. The fraction of sp³-hybridized carbons (Fsp3) is 0.500. The lowest BCUT2D eigenvalue weighted by atomic mass is 9.97. The Bertz CT molecular complexity index is 759. The first-order valence-corrected chi connectivity index (χ1v) is 9.16. The zero-order valence-corrected chi connectivity index (χ0v) is 14.7. The molecule has 4 rings (SSSR count). The molecule has 2 heterocycles. The van der Waals surface area contributed by atoms with Crippen molar-refractivity contribution in [1.29, 1.82) is 0 Å². The maximum absolute atomic E-state index is 12.3. The molecule has 1 saturated carbocycles. The predicted molar refractivity (Wildman–Crippen MR) is 93.9 cm³/mol. The highest BCUT2D eigenvalue weighted by Crippen LogP contribution is 2.24. The van der Waals surface area contributed by atoms with E-state index in [1.54, 1.807) is 0 Å². The van der Waals surface area contributed by atoms with E-state index < -0.39 is 0 Å². The lowest BCUT2D eigenvalue weighted by Gasteiger charge is -2.30. The van der Waals surface area contributed by atoms with Gasteiger partial charge in [0.1, 0.15) is 0 Å². The first kappa shape index (κ1) is 16.5. The van der Waals surface area contributed by atoms with Crippen molar-refractivity contribution in [3.63, 3.8) is 0 Å². The molecule has 1 unspecified atom stereocenters. The molecule has 1 N–H and O–H groups in total. The Hall–Kier alpha value is -1.92. The number of aromatic nitrogens is 2. The summed E-state index contributed by atoms with van der Waals surface area (Å²) in [5, 5.41) is 7.80. The van der Waals surface area contributed by atoms with E-state index in [0.717, 1.165) is 44.3 Å². The van der Waals surface area contributed by atoms with Gasteiger partial charge in [-0.2, -0.15) is 4.98 Å². The molecule has 2 fully saturated rings. The van der Waals surface area contributed by atoms with E-state index >= 15 is 0 Å². The van der Waals surface area contributed by atoms with E-state index in [0.29, 0.717) is 29.3 Å². The molecule has 6 nitrogen and oxygen atoms in total. The van der Waals surface area contributed by atoms with E-state index in [2.05, 4.69) is 20.4 Å². The largest absolute Gasteiger partial charge is 0.353 e. The SMILES string of the molecule is O=C(NC1CC1)C1CCCN(Cc2nc(-c3cccc(Cl)c3)no2)C1. The third-order valence-corrected chi connectivity index (χ3v) is 4.94. The maximum Gasteiger partial charge on any atom is 0.241 e. The minimum absolute atomic E-state index is 0.0599. The summed E-state index contributed by atoms with van der Waals surface area (Å²) in [4.78, 5) is 18.9. The molecule has 1 atom stereocenters. The molecule has 132 valence electrons. The summed E-state index contributed by atoms with van der Waals surface area (Å²) >= 11 is 6.01.